The average molecular weight is 269 g/mol. The summed E-state index contributed by atoms with van der Waals surface area (Å²) >= 11 is 0. The van der Waals surface area contributed by atoms with E-state index < -0.39 is 0 Å². The lowest BCUT2D eigenvalue weighted by molar-refractivity contribution is 0.0417. The number of piperazine rings is 1. The molecule has 0 saturated carbocycles. The van der Waals surface area contributed by atoms with E-state index in [1.165, 1.54) is 71.2 Å². The van der Waals surface area contributed by atoms with E-state index in [9.17, 15) is 0 Å². The first kappa shape index (κ1) is 16.9. The van der Waals surface area contributed by atoms with Crippen LogP contribution in [0, 0.1) is 0 Å². The maximum Gasteiger partial charge on any atom is 0.0304 e. The molecule has 3 nitrogen and oxygen atoms in total. The van der Waals surface area contributed by atoms with Gasteiger partial charge in [-0.05, 0) is 19.9 Å². The minimum absolute atomic E-state index is 0.228. The molecule has 3 heteroatoms. The van der Waals surface area contributed by atoms with Gasteiger partial charge in [-0.1, -0.05) is 46.0 Å². The van der Waals surface area contributed by atoms with Gasteiger partial charge in [0.2, 0.25) is 0 Å². The standard InChI is InChI=1S/C16H35N3/c1-4-6-7-8-9-10-16(3,15-17)19-13-11-18(5-2)12-14-19/h4-15,17H2,1-3H3. The summed E-state index contributed by atoms with van der Waals surface area (Å²) in [4.78, 5) is 5.17. The Morgan fingerprint density at radius 1 is 0.947 bits per heavy atom. The van der Waals surface area contributed by atoms with Gasteiger partial charge in [0.05, 0.1) is 0 Å². The quantitative estimate of drug-likeness (QED) is 0.653. The average Bonchev–Trinajstić information content (AvgIpc) is 2.47. The van der Waals surface area contributed by atoms with Crippen molar-refractivity contribution in [3.63, 3.8) is 0 Å². The SMILES string of the molecule is CCCCCCCC(C)(CN)N1CCN(CC)CC1. The van der Waals surface area contributed by atoms with Crippen molar-refractivity contribution < 1.29 is 0 Å². The lowest BCUT2D eigenvalue weighted by Crippen LogP contribution is -2.58. The van der Waals surface area contributed by atoms with Crippen molar-refractivity contribution in [2.75, 3.05) is 39.3 Å². The number of nitrogens with zero attached hydrogens (tertiary/aromatic N) is 2. The molecule has 1 unspecified atom stereocenters. The van der Waals surface area contributed by atoms with Gasteiger partial charge >= 0.3 is 0 Å². The van der Waals surface area contributed by atoms with Crippen molar-refractivity contribution >= 4 is 0 Å². The summed E-state index contributed by atoms with van der Waals surface area (Å²) in [5.41, 5.74) is 6.32. The number of likely N-dealkylation sites (N-methyl/N-ethyl adjacent to an activating group) is 1. The summed E-state index contributed by atoms with van der Waals surface area (Å²) in [6.07, 6.45) is 8.07. The van der Waals surface area contributed by atoms with Gasteiger partial charge in [-0.3, -0.25) is 4.90 Å². The third-order valence-electron chi connectivity index (χ3n) is 4.84. The zero-order chi connectivity index (χ0) is 14.1. The largest absolute Gasteiger partial charge is 0.329 e. The summed E-state index contributed by atoms with van der Waals surface area (Å²) in [6.45, 7) is 13.7. The fraction of sp³-hybridized carbons (Fsp3) is 1.00. The zero-order valence-corrected chi connectivity index (χ0v) is 13.5. The van der Waals surface area contributed by atoms with Gasteiger partial charge in [-0.25, -0.2) is 0 Å². The highest BCUT2D eigenvalue weighted by Gasteiger charge is 2.31. The van der Waals surface area contributed by atoms with Crippen LogP contribution in [-0.4, -0.2) is 54.6 Å². The van der Waals surface area contributed by atoms with Gasteiger partial charge in [0.15, 0.2) is 0 Å². The van der Waals surface area contributed by atoms with Crippen LogP contribution in [0.25, 0.3) is 0 Å². The Kier molecular flexibility index (Phi) is 7.96. The van der Waals surface area contributed by atoms with E-state index in [-0.39, 0.29) is 5.54 Å². The van der Waals surface area contributed by atoms with E-state index in [4.69, 9.17) is 5.73 Å². The van der Waals surface area contributed by atoms with E-state index in [1.54, 1.807) is 0 Å². The molecule has 1 aliphatic heterocycles. The summed E-state index contributed by atoms with van der Waals surface area (Å²) in [7, 11) is 0. The predicted octanol–water partition coefficient (Wildman–Crippen LogP) is 2.70. The smallest absolute Gasteiger partial charge is 0.0304 e. The van der Waals surface area contributed by atoms with Crippen LogP contribution in [0.3, 0.4) is 0 Å². The lowest BCUT2D eigenvalue weighted by Gasteiger charge is -2.45. The third-order valence-corrected chi connectivity index (χ3v) is 4.84. The first-order valence-electron chi connectivity index (χ1n) is 8.33. The van der Waals surface area contributed by atoms with Crippen LogP contribution in [0.2, 0.25) is 0 Å². The molecule has 1 aliphatic rings. The maximum atomic E-state index is 6.09. The second-order valence-electron chi connectivity index (χ2n) is 6.29. The van der Waals surface area contributed by atoms with Crippen LogP contribution in [0.1, 0.15) is 59.3 Å². The number of rotatable bonds is 9. The van der Waals surface area contributed by atoms with Gasteiger partial charge < -0.3 is 10.6 Å². The van der Waals surface area contributed by atoms with Gasteiger partial charge in [0.1, 0.15) is 0 Å². The monoisotopic (exact) mass is 269 g/mol. The highest BCUT2D eigenvalue weighted by atomic mass is 15.3. The van der Waals surface area contributed by atoms with Crippen LogP contribution >= 0.6 is 0 Å². The fourth-order valence-electron chi connectivity index (χ4n) is 3.10. The van der Waals surface area contributed by atoms with Crippen LogP contribution in [0.4, 0.5) is 0 Å². The third kappa shape index (κ3) is 5.41. The molecule has 0 amide bonds. The summed E-state index contributed by atoms with van der Waals surface area (Å²) in [5.74, 6) is 0. The first-order chi connectivity index (χ1) is 9.16. The van der Waals surface area contributed by atoms with E-state index >= 15 is 0 Å². The molecule has 1 fully saturated rings. The Morgan fingerprint density at radius 2 is 1.58 bits per heavy atom. The van der Waals surface area contributed by atoms with E-state index in [0.717, 1.165) is 6.54 Å². The Balaban J connectivity index is 2.33. The predicted molar refractivity (Wildman–Crippen MR) is 84.5 cm³/mol. The minimum Gasteiger partial charge on any atom is -0.329 e. The zero-order valence-electron chi connectivity index (χ0n) is 13.5. The highest BCUT2D eigenvalue weighted by molar-refractivity contribution is 4.90. The second kappa shape index (κ2) is 8.93. The molecule has 0 spiro atoms. The highest BCUT2D eigenvalue weighted by Crippen LogP contribution is 2.23. The molecule has 1 heterocycles. The summed E-state index contributed by atoms with van der Waals surface area (Å²) in [6, 6.07) is 0. The van der Waals surface area contributed by atoms with Gasteiger partial charge in [0, 0.05) is 38.3 Å². The minimum atomic E-state index is 0.228. The van der Waals surface area contributed by atoms with Crippen molar-refractivity contribution in [3.05, 3.63) is 0 Å². The molecule has 0 aliphatic carbocycles. The molecule has 0 bridgehead atoms. The van der Waals surface area contributed by atoms with Crippen molar-refractivity contribution in [2.24, 2.45) is 5.73 Å². The molecule has 0 aromatic carbocycles. The molecule has 2 N–H and O–H groups in total. The van der Waals surface area contributed by atoms with E-state index in [1.807, 2.05) is 0 Å². The number of unbranched alkanes of at least 4 members (excludes halogenated alkanes) is 4. The van der Waals surface area contributed by atoms with Gasteiger partial charge in [0.25, 0.3) is 0 Å². The van der Waals surface area contributed by atoms with E-state index in [0.29, 0.717) is 0 Å². The molecule has 1 saturated heterocycles. The van der Waals surface area contributed by atoms with Gasteiger partial charge in [-0.2, -0.15) is 0 Å². The summed E-state index contributed by atoms with van der Waals surface area (Å²) < 4.78 is 0. The molecule has 0 radical (unpaired) electrons. The number of hydrogen-bond acceptors (Lipinski definition) is 3. The van der Waals surface area contributed by atoms with Gasteiger partial charge in [-0.15, -0.1) is 0 Å². The first-order valence-corrected chi connectivity index (χ1v) is 8.33. The Morgan fingerprint density at radius 3 is 2.11 bits per heavy atom. The van der Waals surface area contributed by atoms with E-state index in [2.05, 4.69) is 30.6 Å². The maximum absolute atomic E-state index is 6.09. The Labute approximate surface area is 120 Å². The molecular formula is C16H35N3. The Bertz CT molecular complexity index is 224. The molecule has 114 valence electrons. The van der Waals surface area contributed by atoms with Crippen LogP contribution in [0.15, 0.2) is 0 Å². The van der Waals surface area contributed by atoms with Crippen molar-refractivity contribution in [1.29, 1.82) is 0 Å². The fourth-order valence-corrected chi connectivity index (χ4v) is 3.10. The topological polar surface area (TPSA) is 32.5 Å². The molecule has 0 aromatic heterocycles. The lowest BCUT2D eigenvalue weighted by atomic mass is 9.91. The normalized spacial score (nSPS) is 21.5. The van der Waals surface area contributed by atoms with Crippen molar-refractivity contribution in [1.82, 2.24) is 9.80 Å². The molecule has 1 rings (SSSR count). The number of hydrogen-bond donors (Lipinski definition) is 1. The van der Waals surface area contributed by atoms with Crippen LogP contribution < -0.4 is 5.73 Å². The van der Waals surface area contributed by atoms with Crippen LogP contribution in [-0.2, 0) is 0 Å². The second-order valence-corrected chi connectivity index (χ2v) is 6.29. The number of nitrogens with two attached hydrogens (primary N) is 1. The van der Waals surface area contributed by atoms with Crippen molar-refractivity contribution in [2.45, 2.75) is 64.8 Å². The molecule has 19 heavy (non-hydrogen) atoms. The molecule has 0 aromatic rings. The van der Waals surface area contributed by atoms with Crippen LogP contribution in [0.5, 0.6) is 0 Å². The van der Waals surface area contributed by atoms with Crippen molar-refractivity contribution in [3.8, 4) is 0 Å². The summed E-state index contributed by atoms with van der Waals surface area (Å²) in [5, 5.41) is 0. The molecule has 1 atom stereocenters. The Hall–Kier alpha value is -0.120. The molecular weight excluding hydrogens is 234 g/mol.